The Morgan fingerprint density at radius 1 is 1.19 bits per heavy atom. The first-order chi connectivity index (χ1) is 12.6. The minimum absolute atomic E-state index is 0.0553. The standard InChI is InChI=1S/C19H19ClN4OS/c1-13-21-19(24-23-13)18(15-5-3-2-4-6-15)22-17(25)12-26-11-14-7-9-16(20)10-8-14/h2-10,18H,11-12H2,1H3,(H,22,25)(H,21,23,24). The smallest absolute Gasteiger partial charge is 0.230 e. The van der Waals surface area contributed by atoms with Crippen LogP contribution in [0.3, 0.4) is 0 Å². The van der Waals surface area contributed by atoms with E-state index in [9.17, 15) is 4.79 Å². The molecule has 3 rings (SSSR count). The number of nitrogens with one attached hydrogen (secondary N) is 2. The van der Waals surface area contributed by atoms with Crippen molar-refractivity contribution in [3.63, 3.8) is 0 Å². The highest BCUT2D eigenvalue weighted by Gasteiger charge is 2.20. The zero-order valence-corrected chi connectivity index (χ0v) is 15.8. The van der Waals surface area contributed by atoms with Crippen LogP contribution in [0.5, 0.6) is 0 Å². The van der Waals surface area contributed by atoms with Gasteiger partial charge in [0.25, 0.3) is 0 Å². The molecule has 0 saturated heterocycles. The Labute approximate surface area is 161 Å². The average Bonchev–Trinajstić information content (AvgIpc) is 3.08. The first kappa shape index (κ1) is 18.5. The molecule has 0 bridgehead atoms. The van der Waals surface area contributed by atoms with Gasteiger partial charge in [-0.2, -0.15) is 5.10 Å². The Balaban J connectivity index is 1.61. The number of aromatic nitrogens is 3. The number of rotatable bonds is 7. The van der Waals surface area contributed by atoms with Crippen molar-refractivity contribution in [2.75, 3.05) is 5.75 Å². The van der Waals surface area contributed by atoms with E-state index in [1.807, 2.05) is 61.5 Å². The lowest BCUT2D eigenvalue weighted by molar-refractivity contribution is -0.119. The first-order valence-electron chi connectivity index (χ1n) is 8.17. The minimum atomic E-state index is -0.371. The van der Waals surface area contributed by atoms with Crippen LogP contribution in [0.25, 0.3) is 0 Å². The second kappa shape index (κ2) is 8.87. The predicted molar refractivity (Wildman–Crippen MR) is 105 cm³/mol. The molecule has 0 spiro atoms. The molecule has 0 fully saturated rings. The lowest BCUT2D eigenvalue weighted by Crippen LogP contribution is -2.31. The molecule has 2 aromatic carbocycles. The molecule has 26 heavy (non-hydrogen) atoms. The van der Waals surface area contributed by atoms with Crippen molar-refractivity contribution in [1.29, 1.82) is 0 Å². The number of aromatic amines is 1. The van der Waals surface area contributed by atoms with Crippen LogP contribution >= 0.6 is 23.4 Å². The van der Waals surface area contributed by atoms with E-state index in [1.165, 1.54) is 0 Å². The third kappa shape index (κ3) is 5.09. The summed E-state index contributed by atoms with van der Waals surface area (Å²) >= 11 is 7.44. The van der Waals surface area contributed by atoms with Crippen LogP contribution < -0.4 is 5.32 Å². The molecule has 7 heteroatoms. The third-order valence-electron chi connectivity index (χ3n) is 3.73. The molecular weight excluding hydrogens is 368 g/mol. The van der Waals surface area contributed by atoms with E-state index in [4.69, 9.17) is 11.6 Å². The van der Waals surface area contributed by atoms with Crippen LogP contribution in [0.1, 0.15) is 28.8 Å². The first-order valence-corrected chi connectivity index (χ1v) is 9.70. The van der Waals surface area contributed by atoms with E-state index >= 15 is 0 Å². The second-order valence-electron chi connectivity index (χ2n) is 5.81. The molecule has 0 radical (unpaired) electrons. The Hall–Kier alpha value is -2.31. The number of hydrogen-bond acceptors (Lipinski definition) is 4. The fourth-order valence-corrected chi connectivity index (χ4v) is 3.40. The molecule has 2 N–H and O–H groups in total. The van der Waals surface area contributed by atoms with Gasteiger partial charge in [0, 0.05) is 10.8 Å². The van der Waals surface area contributed by atoms with Gasteiger partial charge in [0.2, 0.25) is 5.91 Å². The summed E-state index contributed by atoms with van der Waals surface area (Å²) in [5.74, 6) is 2.33. The summed E-state index contributed by atoms with van der Waals surface area (Å²) in [7, 11) is 0. The van der Waals surface area contributed by atoms with Crippen molar-refractivity contribution in [2.45, 2.75) is 18.7 Å². The van der Waals surface area contributed by atoms with Crippen molar-refractivity contribution >= 4 is 29.3 Å². The summed E-state index contributed by atoms with van der Waals surface area (Å²) in [5, 5.41) is 10.8. The van der Waals surface area contributed by atoms with E-state index in [2.05, 4.69) is 20.5 Å². The van der Waals surface area contributed by atoms with Crippen molar-refractivity contribution in [3.05, 3.63) is 82.4 Å². The molecular formula is C19H19ClN4OS. The van der Waals surface area contributed by atoms with Gasteiger partial charge in [-0.15, -0.1) is 11.8 Å². The number of carbonyl (C=O) groups is 1. The number of nitrogens with zero attached hydrogens (tertiary/aromatic N) is 2. The Morgan fingerprint density at radius 2 is 1.92 bits per heavy atom. The highest BCUT2D eigenvalue weighted by Crippen LogP contribution is 2.20. The number of hydrogen-bond donors (Lipinski definition) is 2. The maximum absolute atomic E-state index is 12.4. The molecule has 3 aromatic rings. The number of aryl methyl sites for hydroxylation is 1. The highest BCUT2D eigenvalue weighted by molar-refractivity contribution is 7.99. The maximum atomic E-state index is 12.4. The summed E-state index contributed by atoms with van der Waals surface area (Å²) < 4.78 is 0. The molecule has 5 nitrogen and oxygen atoms in total. The molecule has 0 saturated carbocycles. The summed E-state index contributed by atoms with van der Waals surface area (Å²) in [6.45, 7) is 1.84. The number of carbonyl (C=O) groups excluding carboxylic acids is 1. The Morgan fingerprint density at radius 3 is 2.58 bits per heavy atom. The fraction of sp³-hybridized carbons (Fsp3) is 0.211. The van der Waals surface area contributed by atoms with Crippen LogP contribution in [0.4, 0.5) is 0 Å². The summed E-state index contributed by atoms with van der Waals surface area (Å²) in [6, 6.07) is 17.0. The van der Waals surface area contributed by atoms with E-state index < -0.39 is 0 Å². The van der Waals surface area contributed by atoms with Gasteiger partial charge < -0.3 is 5.32 Å². The van der Waals surface area contributed by atoms with Gasteiger partial charge in [0.15, 0.2) is 5.82 Å². The van der Waals surface area contributed by atoms with Gasteiger partial charge in [0.05, 0.1) is 5.75 Å². The molecule has 0 aliphatic heterocycles. The predicted octanol–water partition coefficient (Wildman–Crippen LogP) is 3.91. The monoisotopic (exact) mass is 386 g/mol. The number of halogens is 1. The van der Waals surface area contributed by atoms with E-state index in [0.717, 1.165) is 16.9 Å². The number of H-pyrrole nitrogens is 1. The fourth-order valence-electron chi connectivity index (χ4n) is 2.48. The van der Waals surface area contributed by atoms with E-state index in [-0.39, 0.29) is 11.9 Å². The Kier molecular flexibility index (Phi) is 6.30. The third-order valence-corrected chi connectivity index (χ3v) is 4.98. The lowest BCUT2D eigenvalue weighted by Gasteiger charge is -2.16. The quantitative estimate of drug-likeness (QED) is 0.646. The highest BCUT2D eigenvalue weighted by atomic mass is 35.5. The van der Waals surface area contributed by atoms with Crippen LogP contribution in [0, 0.1) is 6.92 Å². The van der Waals surface area contributed by atoms with Gasteiger partial charge in [-0.3, -0.25) is 9.89 Å². The van der Waals surface area contributed by atoms with Gasteiger partial charge in [-0.1, -0.05) is 54.1 Å². The Bertz CT molecular complexity index is 851. The molecule has 1 heterocycles. The summed E-state index contributed by atoms with van der Waals surface area (Å²) in [4.78, 5) is 16.8. The largest absolute Gasteiger partial charge is 0.341 e. The van der Waals surface area contributed by atoms with Gasteiger partial charge >= 0.3 is 0 Å². The van der Waals surface area contributed by atoms with Gasteiger partial charge in [0.1, 0.15) is 11.9 Å². The SMILES string of the molecule is Cc1nc(C(NC(=O)CSCc2ccc(Cl)cc2)c2ccccc2)n[nH]1. The topological polar surface area (TPSA) is 70.7 Å². The van der Waals surface area contributed by atoms with Crippen LogP contribution in [0.2, 0.25) is 5.02 Å². The van der Waals surface area contributed by atoms with Crippen molar-refractivity contribution in [1.82, 2.24) is 20.5 Å². The van der Waals surface area contributed by atoms with Crippen molar-refractivity contribution in [2.24, 2.45) is 0 Å². The second-order valence-corrected chi connectivity index (χ2v) is 7.23. The lowest BCUT2D eigenvalue weighted by atomic mass is 10.1. The zero-order valence-electron chi connectivity index (χ0n) is 14.3. The molecule has 1 atom stereocenters. The summed E-state index contributed by atoms with van der Waals surface area (Å²) in [5.41, 5.74) is 2.08. The molecule has 134 valence electrons. The van der Waals surface area contributed by atoms with Crippen LogP contribution in [0.15, 0.2) is 54.6 Å². The molecule has 0 aliphatic rings. The van der Waals surface area contributed by atoms with Gasteiger partial charge in [-0.05, 0) is 30.2 Å². The van der Waals surface area contributed by atoms with E-state index in [0.29, 0.717) is 22.4 Å². The minimum Gasteiger partial charge on any atom is -0.341 e. The molecule has 1 amide bonds. The zero-order chi connectivity index (χ0) is 18.4. The van der Waals surface area contributed by atoms with Gasteiger partial charge in [-0.25, -0.2) is 4.98 Å². The number of thioether (sulfide) groups is 1. The normalized spacial score (nSPS) is 11.9. The van der Waals surface area contributed by atoms with Crippen molar-refractivity contribution in [3.8, 4) is 0 Å². The maximum Gasteiger partial charge on any atom is 0.230 e. The summed E-state index contributed by atoms with van der Waals surface area (Å²) in [6.07, 6.45) is 0. The molecule has 0 aliphatic carbocycles. The van der Waals surface area contributed by atoms with Crippen LogP contribution in [-0.4, -0.2) is 26.8 Å². The number of benzene rings is 2. The average molecular weight is 387 g/mol. The number of amides is 1. The van der Waals surface area contributed by atoms with E-state index in [1.54, 1.807) is 11.8 Å². The van der Waals surface area contributed by atoms with Crippen LogP contribution in [-0.2, 0) is 10.5 Å². The molecule has 1 unspecified atom stereocenters. The van der Waals surface area contributed by atoms with Crippen molar-refractivity contribution < 1.29 is 4.79 Å². The molecule has 1 aromatic heterocycles.